The van der Waals surface area contributed by atoms with Crippen LogP contribution in [0.3, 0.4) is 0 Å². The van der Waals surface area contributed by atoms with Gasteiger partial charge in [0.2, 0.25) is 0 Å². The fourth-order valence-electron chi connectivity index (χ4n) is 2.19. The van der Waals surface area contributed by atoms with Crippen molar-refractivity contribution in [3.8, 4) is 0 Å². The van der Waals surface area contributed by atoms with Crippen LogP contribution < -0.4 is 5.32 Å². The predicted octanol–water partition coefficient (Wildman–Crippen LogP) is 2.46. The summed E-state index contributed by atoms with van der Waals surface area (Å²) < 4.78 is 0. The summed E-state index contributed by atoms with van der Waals surface area (Å²) in [6.07, 6.45) is 0. The van der Waals surface area contributed by atoms with Crippen LogP contribution in [0, 0.1) is 0 Å². The van der Waals surface area contributed by atoms with Crippen LogP contribution in [0.15, 0.2) is 53.4 Å². The van der Waals surface area contributed by atoms with E-state index in [4.69, 9.17) is 0 Å². The van der Waals surface area contributed by atoms with Crippen LogP contribution in [-0.2, 0) is 9.59 Å². The van der Waals surface area contributed by atoms with E-state index < -0.39 is 17.7 Å². The molecule has 1 amide bonds. The Hall–Kier alpha value is -2.40. The third-order valence-electron chi connectivity index (χ3n) is 3.15. The van der Waals surface area contributed by atoms with Crippen LogP contribution in [0.25, 0.3) is 5.76 Å². The maximum atomic E-state index is 12.0. The molecule has 0 aliphatic carbocycles. The number of benzene rings is 1. The zero-order valence-electron chi connectivity index (χ0n) is 10.4. The van der Waals surface area contributed by atoms with Gasteiger partial charge >= 0.3 is 0 Å². The first kappa shape index (κ1) is 12.6. The zero-order valence-corrected chi connectivity index (χ0v) is 11.2. The Kier molecular flexibility index (Phi) is 3.12. The van der Waals surface area contributed by atoms with E-state index in [-0.39, 0.29) is 11.3 Å². The first-order valence-corrected chi connectivity index (χ1v) is 6.93. The lowest BCUT2D eigenvalue weighted by atomic mass is 10.0. The summed E-state index contributed by atoms with van der Waals surface area (Å²) >= 11 is 1.43. The van der Waals surface area contributed by atoms with Crippen molar-refractivity contribution < 1.29 is 14.7 Å². The van der Waals surface area contributed by atoms with E-state index in [1.807, 2.05) is 23.6 Å². The molecule has 0 radical (unpaired) electrons. The van der Waals surface area contributed by atoms with E-state index in [0.29, 0.717) is 5.56 Å². The highest BCUT2D eigenvalue weighted by atomic mass is 32.1. The lowest BCUT2D eigenvalue weighted by Crippen LogP contribution is -2.20. The first-order chi connectivity index (χ1) is 9.68. The second-order valence-corrected chi connectivity index (χ2v) is 5.36. The Morgan fingerprint density at radius 3 is 2.50 bits per heavy atom. The van der Waals surface area contributed by atoms with Gasteiger partial charge in [-0.05, 0) is 11.4 Å². The highest BCUT2D eigenvalue weighted by Crippen LogP contribution is 2.34. The average Bonchev–Trinajstić information content (AvgIpc) is 3.09. The Labute approximate surface area is 119 Å². The Bertz CT molecular complexity index is 689. The number of amides is 1. The van der Waals surface area contributed by atoms with Crippen LogP contribution >= 0.6 is 11.3 Å². The molecule has 1 aromatic heterocycles. The number of hydrogen-bond donors (Lipinski definition) is 2. The van der Waals surface area contributed by atoms with Gasteiger partial charge in [0.1, 0.15) is 5.76 Å². The topological polar surface area (TPSA) is 66.4 Å². The average molecular weight is 285 g/mol. The van der Waals surface area contributed by atoms with Crippen molar-refractivity contribution in [1.82, 2.24) is 5.32 Å². The number of thiophene rings is 1. The molecule has 0 bridgehead atoms. The maximum Gasteiger partial charge on any atom is 0.293 e. The van der Waals surface area contributed by atoms with Crippen LogP contribution in [0.1, 0.15) is 16.5 Å². The molecular weight excluding hydrogens is 274 g/mol. The summed E-state index contributed by atoms with van der Waals surface area (Å²) in [4.78, 5) is 24.4. The van der Waals surface area contributed by atoms with Gasteiger partial charge in [-0.2, -0.15) is 0 Å². The van der Waals surface area contributed by atoms with Gasteiger partial charge in [-0.3, -0.25) is 9.59 Å². The number of carbonyl (C=O) groups excluding carboxylic acids is 2. The van der Waals surface area contributed by atoms with Crippen molar-refractivity contribution in [3.63, 3.8) is 0 Å². The van der Waals surface area contributed by atoms with Crippen molar-refractivity contribution in [1.29, 1.82) is 0 Å². The Morgan fingerprint density at radius 2 is 1.85 bits per heavy atom. The summed E-state index contributed by atoms with van der Waals surface area (Å²) in [6, 6.07) is 11.8. The van der Waals surface area contributed by atoms with Crippen LogP contribution in [0.5, 0.6) is 0 Å². The molecule has 1 aliphatic heterocycles. The third kappa shape index (κ3) is 2.02. The largest absolute Gasteiger partial charge is 0.507 e. The summed E-state index contributed by atoms with van der Waals surface area (Å²) in [7, 11) is 0. The molecule has 0 saturated carbocycles. The highest BCUT2D eigenvalue weighted by molar-refractivity contribution is 7.10. The minimum absolute atomic E-state index is 0.114. The van der Waals surface area contributed by atoms with Gasteiger partial charge in [-0.15, -0.1) is 11.3 Å². The molecule has 1 aliphatic rings. The van der Waals surface area contributed by atoms with E-state index in [2.05, 4.69) is 5.32 Å². The fraction of sp³-hybridized carbons (Fsp3) is 0.0667. The molecule has 1 aromatic carbocycles. The minimum Gasteiger partial charge on any atom is -0.507 e. The number of carbonyl (C=O) groups is 2. The molecule has 0 spiro atoms. The molecule has 4 nitrogen and oxygen atoms in total. The quantitative estimate of drug-likeness (QED) is 0.506. The first-order valence-electron chi connectivity index (χ1n) is 6.05. The third-order valence-corrected chi connectivity index (χ3v) is 4.08. The van der Waals surface area contributed by atoms with Crippen LogP contribution in [0.4, 0.5) is 0 Å². The minimum atomic E-state index is -0.680. The van der Waals surface area contributed by atoms with E-state index in [1.165, 1.54) is 11.3 Å². The SMILES string of the molecule is O=C1NC(c2cccs2)C(=C(O)c2ccccc2)C1=O. The van der Waals surface area contributed by atoms with Gasteiger partial charge in [0.05, 0.1) is 11.6 Å². The summed E-state index contributed by atoms with van der Waals surface area (Å²) in [5.41, 5.74) is 0.637. The molecule has 1 unspecified atom stereocenters. The van der Waals surface area contributed by atoms with Crippen molar-refractivity contribution in [2.45, 2.75) is 6.04 Å². The molecule has 100 valence electrons. The number of ketones is 1. The standard InChI is InChI=1S/C15H11NO3S/c17-13(9-5-2-1-3-6-9)11-12(10-7-4-8-20-10)16-15(19)14(11)18/h1-8,12,17H,(H,16,19). The number of aliphatic hydroxyl groups excluding tert-OH is 1. The highest BCUT2D eigenvalue weighted by Gasteiger charge is 2.39. The van der Waals surface area contributed by atoms with Crippen molar-refractivity contribution >= 4 is 28.8 Å². The molecule has 1 atom stereocenters. The molecule has 5 heteroatoms. The van der Waals surface area contributed by atoms with Crippen LogP contribution in [-0.4, -0.2) is 16.8 Å². The Balaban J connectivity index is 2.13. The molecule has 20 heavy (non-hydrogen) atoms. The molecule has 2 N–H and O–H groups in total. The fourth-order valence-corrected chi connectivity index (χ4v) is 2.97. The lowest BCUT2D eigenvalue weighted by molar-refractivity contribution is -0.133. The number of aliphatic hydroxyl groups is 1. The van der Waals surface area contributed by atoms with Gasteiger partial charge in [0.15, 0.2) is 0 Å². The summed E-state index contributed by atoms with van der Waals surface area (Å²) in [5, 5.41) is 14.8. The summed E-state index contributed by atoms with van der Waals surface area (Å²) in [6.45, 7) is 0. The Morgan fingerprint density at radius 1 is 1.10 bits per heavy atom. The van der Waals surface area contributed by atoms with Gasteiger partial charge in [0, 0.05) is 10.4 Å². The van der Waals surface area contributed by atoms with Crippen LogP contribution in [0.2, 0.25) is 0 Å². The smallest absolute Gasteiger partial charge is 0.293 e. The van der Waals surface area contributed by atoms with E-state index >= 15 is 0 Å². The molecule has 1 fully saturated rings. The number of nitrogens with one attached hydrogen (secondary N) is 1. The van der Waals surface area contributed by atoms with E-state index in [1.54, 1.807) is 24.3 Å². The number of rotatable bonds is 2. The monoisotopic (exact) mass is 285 g/mol. The molecular formula is C15H11NO3S. The maximum absolute atomic E-state index is 12.0. The lowest BCUT2D eigenvalue weighted by Gasteiger charge is -2.11. The van der Waals surface area contributed by atoms with Gasteiger partial charge in [-0.25, -0.2) is 0 Å². The van der Waals surface area contributed by atoms with E-state index in [9.17, 15) is 14.7 Å². The predicted molar refractivity (Wildman–Crippen MR) is 76.2 cm³/mol. The molecule has 2 aromatic rings. The van der Waals surface area contributed by atoms with Crippen molar-refractivity contribution in [3.05, 3.63) is 63.9 Å². The number of Topliss-reactive ketones (excluding diaryl/α,β-unsaturated/α-hetero) is 1. The number of hydrogen-bond acceptors (Lipinski definition) is 4. The summed E-state index contributed by atoms with van der Waals surface area (Å²) in [5.74, 6) is -1.50. The van der Waals surface area contributed by atoms with E-state index in [0.717, 1.165) is 4.88 Å². The van der Waals surface area contributed by atoms with Gasteiger partial charge in [0.25, 0.3) is 11.7 Å². The second-order valence-electron chi connectivity index (χ2n) is 4.38. The van der Waals surface area contributed by atoms with Gasteiger partial charge < -0.3 is 10.4 Å². The normalized spacial score (nSPS) is 20.9. The second kappa shape index (κ2) is 4.94. The van der Waals surface area contributed by atoms with Crippen molar-refractivity contribution in [2.75, 3.05) is 0 Å². The van der Waals surface area contributed by atoms with Crippen molar-refractivity contribution in [2.24, 2.45) is 0 Å². The molecule has 3 rings (SSSR count). The zero-order chi connectivity index (χ0) is 14.1. The molecule has 2 heterocycles. The molecule has 1 saturated heterocycles. The van der Waals surface area contributed by atoms with Gasteiger partial charge in [-0.1, -0.05) is 36.4 Å².